The van der Waals surface area contributed by atoms with Gasteiger partial charge >= 0.3 is 0 Å². The summed E-state index contributed by atoms with van der Waals surface area (Å²) in [6.45, 7) is 5.80. The second-order valence-electron chi connectivity index (χ2n) is 7.70. The molecular formula is C20H27N3O2S2. The van der Waals surface area contributed by atoms with Gasteiger partial charge in [-0.3, -0.25) is 14.2 Å². The molecule has 0 spiro atoms. The van der Waals surface area contributed by atoms with E-state index in [9.17, 15) is 9.59 Å². The van der Waals surface area contributed by atoms with Crippen molar-refractivity contribution in [3.8, 4) is 0 Å². The number of hydrogen-bond donors (Lipinski definition) is 0. The number of rotatable bonds is 4. The molecule has 27 heavy (non-hydrogen) atoms. The van der Waals surface area contributed by atoms with Crippen molar-refractivity contribution in [2.24, 2.45) is 0 Å². The fraction of sp³-hybridized carbons (Fsp3) is 0.650. The molecule has 2 aliphatic rings. The van der Waals surface area contributed by atoms with Crippen LogP contribution < -0.4 is 5.56 Å². The zero-order valence-corrected chi connectivity index (χ0v) is 17.8. The SMILES string of the molecule is Cc1sc2nc(SCC(=O)N3CCCC3)n(C3CCCCC3)c(=O)c2c1C. The van der Waals surface area contributed by atoms with Gasteiger partial charge in [0.1, 0.15) is 4.83 Å². The van der Waals surface area contributed by atoms with Gasteiger partial charge in [-0.2, -0.15) is 0 Å². The van der Waals surface area contributed by atoms with Crippen molar-refractivity contribution < 1.29 is 4.79 Å². The van der Waals surface area contributed by atoms with E-state index in [0.717, 1.165) is 77.4 Å². The van der Waals surface area contributed by atoms with Crippen molar-refractivity contribution in [2.45, 2.75) is 70.0 Å². The van der Waals surface area contributed by atoms with Gasteiger partial charge in [0, 0.05) is 24.0 Å². The zero-order valence-electron chi connectivity index (χ0n) is 16.1. The fourth-order valence-electron chi connectivity index (χ4n) is 4.23. The summed E-state index contributed by atoms with van der Waals surface area (Å²) in [5.74, 6) is 0.536. The number of aryl methyl sites for hydroxylation is 2. The quantitative estimate of drug-likeness (QED) is 0.562. The minimum absolute atomic E-state index is 0.0878. The van der Waals surface area contributed by atoms with E-state index in [1.807, 2.05) is 16.4 Å². The van der Waals surface area contributed by atoms with Crippen LogP contribution in [-0.4, -0.2) is 39.2 Å². The summed E-state index contributed by atoms with van der Waals surface area (Å²) >= 11 is 3.04. The maximum atomic E-state index is 13.4. The zero-order chi connectivity index (χ0) is 19.0. The number of aromatic nitrogens is 2. The van der Waals surface area contributed by atoms with E-state index in [4.69, 9.17) is 4.98 Å². The van der Waals surface area contributed by atoms with Crippen LogP contribution >= 0.6 is 23.1 Å². The topological polar surface area (TPSA) is 55.2 Å². The summed E-state index contributed by atoms with van der Waals surface area (Å²) in [6.07, 6.45) is 7.82. The first-order chi connectivity index (χ1) is 13.1. The van der Waals surface area contributed by atoms with Crippen LogP contribution in [0.2, 0.25) is 0 Å². The Kier molecular flexibility index (Phi) is 5.60. The molecule has 5 nitrogen and oxygen atoms in total. The van der Waals surface area contributed by atoms with E-state index in [2.05, 4.69) is 6.92 Å². The Labute approximate surface area is 168 Å². The maximum absolute atomic E-state index is 13.4. The summed E-state index contributed by atoms with van der Waals surface area (Å²) in [5.41, 5.74) is 1.15. The molecule has 4 rings (SSSR count). The second-order valence-corrected chi connectivity index (χ2v) is 9.85. The van der Waals surface area contributed by atoms with Gasteiger partial charge in [-0.25, -0.2) is 4.98 Å². The van der Waals surface area contributed by atoms with Gasteiger partial charge in [-0.1, -0.05) is 31.0 Å². The molecule has 1 amide bonds. The lowest BCUT2D eigenvalue weighted by atomic mass is 9.95. The molecule has 2 fully saturated rings. The molecule has 0 aromatic carbocycles. The molecule has 0 unspecified atom stereocenters. The summed E-state index contributed by atoms with van der Waals surface area (Å²) in [5, 5.41) is 1.51. The van der Waals surface area contributed by atoms with Gasteiger partial charge in [-0.05, 0) is 45.1 Å². The third-order valence-electron chi connectivity index (χ3n) is 5.93. The first-order valence-electron chi connectivity index (χ1n) is 9.99. The summed E-state index contributed by atoms with van der Waals surface area (Å²) in [6, 6.07) is 0.215. The molecule has 1 aliphatic heterocycles. The lowest BCUT2D eigenvalue weighted by Crippen LogP contribution is -2.31. The van der Waals surface area contributed by atoms with Crippen LogP contribution in [0.5, 0.6) is 0 Å². The minimum Gasteiger partial charge on any atom is -0.342 e. The average Bonchev–Trinajstić information content (AvgIpc) is 3.29. The Hall–Kier alpha value is -1.34. The molecular weight excluding hydrogens is 378 g/mol. The number of nitrogens with zero attached hydrogens (tertiary/aromatic N) is 3. The molecule has 0 N–H and O–H groups in total. The molecule has 2 aromatic heterocycles. The van der Waals surface area contributed by atoms with Crippen LogP contribution in [0.1, 0.15) is 61.4 Å². The van der Waals surface area contributed by atoms with Gasteiger partial charge in [0.15, 0.2) is 5.16 Å². The van der Waals surface area contributed by atoms with Crippen molar-refractivity contribution in [1.82, 2.24) is 14.5 Å². The Morgan fingerprint density at radius 2 is 1.85 bits per heavy atom. The van der Waals surface area contributed by atoms with Gasteiger partial charge in [0.25, 0.3) is 5.56 Å². The summed E-state index contributed by atoms with van der Waals surface area (Å²) in [4.78, 5) is 34.7. The van der Waals surface area contributed by atoms with E-state index in [-0.39, 0.29) is 17.5 Å². The Morgan fingerprint density at radius 1 is 1.15 bits per heavy atom. The molecule has 1 saturated heterocycles. The first-order valence-corrected chi connectivity index (χ1v) is 11.8. The Bertz CT molecular complexity index is 906. The number of carbonyl (C=O) groups excluding carboxylic acids is 1. The van der Waals surface area contributed by atoms with Crippen LogP contribution in [0.3, 0.4) is 0 Å². The molecule has 1 saturated carbocycles. The fourth-order valence-corrected chi connectivity index (χ4v) is 6.27. The standard InChI is InChI=1S/C20H27N3O2S2/c1-13-14(2)27-18-17(13)19(25)23(15-8-4-3-5-9-15)20(21-18)26-12-16(24)22-10-6-7-11-22/h15H,3-12H2,1-2H3. The first kappa shape index (κ1) is 19.0. The van der Waals surface area contributed by atoms with Crippen LogP contribution in [0.4, 0.5) is 0 Å². The second kappa shape index (κ2) is 7.95. The minimum atomic E-state index is 0.0878. The third kappa shape index (κ3) is 3.68. The number of likely N-dealkylation sites (tertiary alicyclic amines) is 1. The largest absolute Gasteiger partial charge is 0.342 e. The number of carbonyl (C=O) groups is 1. The van der Waals surface area contributed by atoms with Crippen LogP contribution in [0, 0.1) is 13.8 Å². The van der Waals surface area contributed by atoms with E-state index < -0.39 is 0 Å². The van der Waals surface area contributed by atoms with Crippen LogP contribution in [-0.2, 0) is 4.79 Å². The lowest BCUT2D eigenvalue weighted by Gasteiger charge is -2.26. The smallest absolute Gasteiger partial charge is 0.263 e. The average molecular weight is 406 g/mol. The highest BCUT2D eigenvalue weighted by Crippen LogP contribution is 2.34. The van der Waals surface area contributed by atoms with E-state index >= 15 is 0 Å². The summed E-state index contributed by atoms with van der Waals surface area (Å²) in [7, 11) is 0. The molecule has 0 bridgehead atoms. The van der Waals surface area contributed by atoms with Crippen molar-refractivity contribution in [1.29, 1.82) is 0 Å². The number of hydrogen-bond acceptors (Lipinski definition) is 5. The highest BCUT2D eigenvalue weighted by atomic mass is 32.2. The van der Waals surface area contributed by atoms with Gasteiger partial charge in [-0.15, -0.1) is 11.3 Å². The van der Waals surface area contributed by atoms with Crippen LogP contribution in [0.15, 0.2) is 9.95 Å². The van der Waals surface area contributed by atoms with E-state index in [1.165, 1.54) is 18.2 Å². The van der Waals surface area contributed by atoms with E-state index in [1.54, 1.807) is 11.3 Å². The molecule has 7 heteroatoms. The predicted octanol–water partition coefficient (Wildman–Crippen LogP) is 4.29. The highest BCUT2D eigenvalue weighted by molar-refractivity contribution is 7.99. The van der Waals surface area contributed by atoms with Gasteiger partial charge < -0.3 is 4.90 Å². The van der Waals surface area contributed by atoms with Crippen molar-refractivity contribution in [3.63, 3.8) is 0 Å². The molecule has 1 aliphatic carbocycles. The molecule has 146 valence electrons. The van der Waals surface area contributed by atoms with Gasteiger partial charge in [0.2, 0.25) is 5.91 Å². The number of thiophene rings is 1. The predicted molar refractivity (Wildman–Crippen MR) is 112 cm³/mol. The van der Waals surface area contributed by atoms with Crippen molar-refractivity contribution in [3.05, 3.63) is 20.8 Å². The lowest BCUT2D eigenvalue weighted by molar-refractivity contribution is -0.127. The number of amides is 1. The number of thioether (sulfide) groups is 1. The highest BCUT2D eigenvalue weighted by Gasteiger charge is 2.25. The molecule has 0 atom stereocenters. The molecule has 2 aromatic rings. The molecule has 0 radical (unpaired) electrons. The Morgan fingerprint density at radius 3 is 2.56 bits per heavy atom. The van der Waals surface area contributed by atoms with E-state index in [0.29, 0.717) is 5.75 Å². The van der Waals surface area contributed by atoms with Crippen LogP contribution in [0.25, 0.3) is 10.2 Å². The Balaban J connectivity index is 1.70. The van der Waals surface area contributed by atoms with Crippen molar-refractivity contribution >= 4 is 39.2 Å². The summed E-state index contributed by atoms with van der Waals surface area (Å²) < 4.78 is 1.92. The number of fused-ring (bicyclic) bond motifs is 1. The maximum Gasteiger partial charge on any atom is 0.263 e. The van der Waals surface area contributed by atoms with Crippen molar-refractivity contribution in [2.75, 3.05) is 18.8 Å². The normalized spacial score (nSPS) is 18.5. The monoisotopic (exact) mass is 405 g/mol. The molecule has 3 heterocycles. The third-order valence-corrected chi connectivity index (χ3v) is 7.96. The van der Waals surface area contributed by atoms with Gasteiger partial charge in [0.05, 0.1) is 11.1 Å².